The minimum atomic E-state index is -0.499. The normalized spacial score (nSPS) is 11.2. The van der Waals surface area contributed by atoms with Crippen LogP contribution in [0.15, 0.2) is 57.9 Å². The van der Waals surface area contributed by atoms with Gasteiger partial charge in [-0.05, 0) is 42.8 Å². The highest BCUT2D eigenvalue weighted by atomic mass is 16.5. The van der Waals surface area contributed by atoms with E-state index in [2.05, 4.69) is 0 Å². The van der Waals surface area contributed by atoms with Gasteiger partial charge in [0.15, 0.2) is 0 Å². The van der Waals surface area contributed by atoms with E-state index >= 15 is 0 Å². The Balaban J connectivity index is 1.81. The molecule has 2 heterocycles. The van der Waals surface area contributed by atoms with Gasteiger partial charge in [-0.15, -0.1) is 0 Å². The molecule has 0 aliphatic rings. The Morgan fingerprint density at radius 2 is 2.09 bits per heavy atom. The van der Waals surface area contributed by atoms with Crippen LogP contribution in [-0.2, 0) is 11.8 Å². The molecule has 1 aromatic carbocycles. The quantitative estimate of drug-likeness (QED) is 0.323. The number of aryl methyl sites for hydroxylation is 2. The third-order valence-corrected chi connectivity index (χ3v) is 3.52. The molecule has 0 spiro atoms. The largest absolute Gasteiger partial charge is 0.423 e. The fourth-order valence-electron chi connectivity index (χ4n) is 2.32. The van der Waals surface area contributed by atoms with E-state index in [0.717, 1.165) is 16.6 Å². The van der Waals surface area contributed by atoms with E-state index < -0.39 is 11.6 Å². The highest BCUT2D eigenvalue weighted by Crippen LogP contribution is 2.22. The van der Waals surface area contributed by atoms with Gasteiger partial charge in [-0.3, -0.25) is 0 Å². The Hall–Kier alpha value is -3.08. The molecule has 0 radical (unpaired) electrons. The smallest absolute Gasteiger partial charge is 0.336 e. The summed E-state index contributed by atoms with van der Waals surface area (Å²) in [7, 11) is 1.89. The SMILES string of the molecule is Cc1cc(=O)oc2cc(OC(=O)C=Cc3cccn3C)ccc12. The first-order valence-electron chi connectivity index (χ1n) is 7.09. The van der Waals surface area contributed by atoms with E-state index in [0.29, 0.717) is 11.3 Å². The Kier molecular flexibility index (Phi) is 3.85. The summed E-state index contributed by atoms with van der Waals surface area (Å²) in [4.78, 5) is 23.3. The Bertz CT molecular complexity index is 963. The average Bonchev–Trinajstić information content (AvgIpc) is 2.90. The van der Waals surface area contributed by atoms with Crippen molar-refractivity contribution in [3.8, 4) is 5.75 Å². The number of carbonyl (C=O) groups is 1. The summed E-state index contributed by atoms with van der Waals surface area (Å²) in [5.41, 5.74) is 1.67. The number of hydrogen-bond donors (Lipinski definition) is 0. The fourth-order valence-corrected chi connectivity index (χ4v) is 2.32. The van der Waals surface area contributed by atoms with E-state index in [-0.39, 0.29) is 0 Å². The van der Waals surface area contributed by atoms with Crippen molar-refractivity contribution in [1.29, 1.82) is 0 Å². The van der Waals surface area contributed by atoms with Crippen molar-refractivity contribution in [2.24, 2.45) is 7.05 Å². The lowest BCUT2D eigenvalue weighted by Gasteiger charge is -2.04. The topological polar surface area (TPSA) is 61.4 Å². The van der Waals surface area contributed by atoms with Gasteiger partial charge in [0.2, 0.25) is 0 Å². The van der Waals surface area contributed by atoms with Crippen LogP contribution in [0.5, 0.6) is 5.75 Å². The van der Waals surface area contributed by atoms with Crippen LogP contribution in [0.1, 0.15) is 11.3 Å². The van der Waals surface area contributed by atoms with Crippen molar-refractivity contribution >= 4 is 23.0 Å². The van der Waals surface area contributed by atoms with E-state index in [1.54, 1.807) is 18.2 Å². The summed E-state index contributed by atoms with van der Waals surface area (Å²) >= 11 is 0. The Morgan fingerprint density at radius 1 is 1.26 bits per heavy atom. The molecule has 0 fully saturated rings. The molecule has 116 valence electrons. The third kappa shape index (κ3) is 3.23. The Morgan fingerprint density at radius 3 is 2.83 bits per heavy atom. The minimum absolute atomic E-state index is 0.327. The van der Waals surface area contributed by atoms with Gasteiger partial charge in [-0.2, -0.15) is 0 Å². The fraction of sp³-hybridized carbons (Fsp3) is 0.111. The van der Waals surface area contributed by atoms with Gasteiger partial charge in [0.05, 0.1) is 0 Å². The maximum absolute atomic E-state index is 11.9. The van der Waals surface area contributed by atoms with Crippen LogP contribution in [0.25, 0.3) is 17.0 Å². The lowest BCUT2D eigenvalue weighted by atomic mass is 10.1. The third-order valence-electron chi connectivity index (χ3n) is 3.52. The summed E-state index contributed by atoms with van der Waals surface area (Å²) < 4.78 is 12.3. The standard InChI is InChI=1S/C18H15NO4/c1-12-10-18(21)23-16-11-14(6-7-15(12)16)22-17(20)8-5-13-4-3-9-19(13)2/h3-11H,1-2H3. The molecule has 5 heteroatoms. The molecule has 0 saturated carbocycles. The van der Waals surface area contributed by atoms with E-state index in [9.17, 15) is 9.59 Å². The molecule has 3 aromatic rings. The van der Waals surface area contributed by atoms with Crippen LogP contribution in [0.2, 0.25) is 0 Å². The zero-order chi connectivity index (χ0) is 16.4. The van der Waals surface area contributed by atoms with Crippen molar-refractivity contribution in [3.63, 3.8) is 0 Å². The van der Waals surface area contributed by atoms with Crippen molar-refractivity contribution in [2.45, 2.75) is 6.92 Å². The summed E-state index contributed by atoms with van der Waals surface area (Å²) in [6.07, 6.45) is 4.91. The number of hydrogen-bond acceptors (Lipinski definition) is 4. The average molecular weight is 309 g/mol. The van der Waals surface area contributed by atoms with Gasteiger partial charge in [0, 0.05) is 42.5 Å². The van der Waals surface area contributed by atoms with Crippen LogP contribution >= 0.6 is 0 Å². The number of esters is 1. The first kappa shape index (κ1) is 14.8. The van der Waals surface area contributed by atoms with Crippen LogP contribution in [0, 0.1) is 6.92 Å². The highest BCUT2D eigenvalue weighted by molar-refractivity contribution is 5.89. The second-order valence-corrected chi connectivity index (χ2v) is 5.20. The molecule has 23 heavy (non-hydrogen) atoms. The molecular weight excluding hydrogens is 294 g/mol. The summed E-state index contributed by atoms with van der Waals surface area (Å²) in [5, 5.41) is 0.809. The van der Waals surface area contributed by atoms with Crippen molar-refractivity contribution in [2.75, 3.05) is 0 Å². The van der Waals surface area contributed by atoms with Gasteiger partial charge < -0.3 is 13.7 Å². The van der Waals surface area contributed by atoms with Gasteiger partial charge in [0.1, 0.15) is 11.3 Å². The maximum Gasteiger partial charge on any atom is 0.336 e. The lowest BCUT2D eigenvalue weighted by molar-refractivity contribution is -0.128. The molecule has 0 aliphatic carbocycles. The molecular formula is C18H15NO4. The van der Waals surface area contributed by atoms with E-state index in [4.69, 9.17) is 9.15 Å². The van der Waals surface area contributed by atoms with Crippen LogP contribution in [0.4, 0.5) is 0 Å². The van der Waals surface area contributed by atoms with Gasteiger partial charge in [0.25, 0.3) is 0 Å². The van der Waals surface area contributed by atoms with Crippen LogP contribution in [0.3, 0.4) is 0 Å². The first-order chi connectivity index (χ1) is 11.0. The van der Waals surface area contributed by atoms with E-state index in [1.165, 1.54) is 18.2 Å². The predicted molar refractivity (Wildman–Crippen MR) is 87.3 cm³/mol. The van der Waals surface area contributed by atoms with Gasteiger partial charge >= 0.3 is 11.6 Å². The van der Waals surface area contributed by atoms with Crippen molar-refractivity contribution in [3.05, 3.63) is 70.3 Å². The maximum atomic E-state index is 11.9. The molecule has 5 nitrogen and oxygen atoms in total. The zero-order valence-corrected chi connectivity index (χ0v) is 12.8. The number of rotatable bonds is 3. The predicted octanol–water partition coefficient (Wildman–Crippen LogP) is 3.06. The molecule has 0 bridgehead atoms. The number of benzene rings is 1. The van der Waals surface area contributed by atoms with Crippen molar-refractivity contribution in [1.82, 2.24) is 4.57 Å². The monoisotopic (exact) mass is 309 g/mol. The molecule has 2 aromatic heterocycles. The summed E-state index contributed by atoms with van der Waals surface area (Å²) in [6, 6.07) is 10.2. The second-order valence-electron chi connectivity index (χ2n) is 5.20. The molecule has 0 unspecified atom stereocenters. The first-order valence-corrected chi connectivity index (χ1v) is 7.09. The van der Waals surface area contributed by atoms with Gasteiger partial charge in [-0.25, -0.2) is 9.59 Å². The lowest BCUT2D eigenvalue weighted by Crippen LogP contribution is -2.04. The number of aromatic nitrogens is 1. The van der Waals surface area contributed by atoms with Crippen molar-refractivity contribution < 1.29 is 13.9 Å². The molecule has 0 atom stereocenters. The highest BCUT2D eigenvalue weighted by Gasteiger charge is 2.06. The number of carbonyl (C=O) groups excluding carboxylic acids is 1. The van der Waals surface area contributed by atoms with Crippen LogP contribution < -0.4 is 10.4 Å². The summed E-state index contributed by atoms with van der Waals surface area (Å²) in [5.74, 6) is -0.173. The number of nitrogens with zero attached hydrogens (tertiary/aromatic N) is 1. The molecule has 0 N–H and O–H groups in total. The molecule has 0 aliphatic heterocycles. The summed E-state index contributed by atoms with van der Waals surface area (Å²) in [6.45, 7) is 1.83. The molecule has 0 amide bonds. The number of fused-ring (bicyclic) bond motifs is 1. The van der Waals surface area contributed by atoms with Gasteiger partial charge in [-0.1, -0.05) is 0 Å². The molecule has 0 saturated heterocycles. The van der Waals surface area contributed by atoms with Crippen LogP contribution in [-0.4, -0.2) is 10.5 Å². The Labute approximate surface area is 132 Å². The molecule has 3 rings (SSSR count). The number of ether oxygens (including phenoxy) is 1. The minimum Gasteiger partial charge on any atom is -0.423 e. The zero-order valence-electron chi connectivity index (χ0n) is 12.8. The second kappa shape index (κ2) is 5.96. The van der Waals surface area contributed by atoms with E-state index in [1.807, 2.05) is 36.9 Å².